The molecule has 1 aliphatic carbocycles. The molecule has 0 aromatic carbocycles. The lowest BCUT2D eigenvalue weighted by atomic mass is 10.1. The van der Waals surface area contributed by atoms with Crippen molar-refractivity contribution in [2.24, 2.45) is 0 Å². The highest BCUT2D eigenvalue weighted by molar-refractivity contribution is 5.85. The number of carbonyl (C=O) groups excluding carboxylic acids is 2. The number of likely N-dealkylation sites (N-methyl/N-ethyl adjacent to an activating group) is 1. The van der Waals surface area contributed by atoms with E-state index < -0.39 is 0 Å². The van der Waals surface area contributed by atoms with Crippen LogP contribution in [-0.4, -0.2) is 72.1 Å². The first-order valence-corrected chi connectivity index (χ1v) is 7.98. The summed E-state index contributed by atoms with van der Waals surface area (Å²) < 4.78 is 0. The van der Waals surface area contributed by atoms with E-state index in [0.29, 0.717) is 12.6 Å². The first-order valence-electron chi connectivity index (χ1n) is 7.98. The number of likely N-dealkylation sites (tertiary alicyclic amines) is 1. The summed E-state index contributed by atoms with van der Waals surface area (Å²) in [4.78, 5) is 27.5. The van der Waals surface area contributed by atoms with E-state index in [2.05, 4.69) is 10.2 Å². The molecule has 1 aliphatic heterocycles. The molecule has 2 amide bonds. The van der Waals surface area contributed by atoms with Gasteiger partial charge in [-0.25, -0.2) is 0 Å². The SMILES string of the molecule is CN(CC(=O)NC1CC1)C(=O)CN1CCCCCC1CO. The maximum Gasteiger partial charge on any atom is 0.239 e. The van der Waals surface area contributed by atoms with Gasteiger partial charge in [-0.1, -0.05) is 12.8 Å². The molecule has 6 heteroatoms. The Kier molecular flexibility index (Phi) is 5.99. The monoisotopic (exact) mass is 297 g/mol. The highest BCUT2D eigenvalue weighted by atomic mass is 16.3. The molecule has 2 rings (SSSR count). The second-order valence-electron chi connectivity index (χ2n) is 6.25. The summed E-state index contributed by atoms with van der Waals surface area (Å²) in [5.74, 6) is -0.135. The second-order valence-corrected chi connectivity index (χ2v) is 6.25. The smallest absolute Gasteiger partial charge is 0.239 e. The van der Waals surface area contributed by atoms with E-state index in [1.165, 1.54) is 4.90 Å². The van der Waals surface area contributed by atoms with Crippen LogP contribution in [-0.2, 0) is 9.59 Å². The summed E-state index contributed by atoms with van der Waals surface area (Å²) in [5.41, 5.74) is 0. The Bertz CT molecular complexity index is 371. The van der Waals surface area contributed by atoms with E-state index in [4.69, 9.17) is 0 Å². The molecule has 0 radical (unpaired) electrons. The number of nitrogens with zero attached hydrogens (tertiary/aromatic N) is 2. The van der Waals surface area contributed by atoms with Crippen LogP contribution in [0.2, 0.25) is 0 Å². The van der Waals surface area contributed by atoms with E-state index in [1.54, 1.807) is 7.05 Å². The average molecular weight is 297 g/mol. The Morgan fingerprint density at radius 2 is 2.00 bits per heavy atom. The minimum atomic E-state index is -0.0806. The zero-order valence-electron chi connectivity index (χ0n) is 12.9. The van der Waals surface area contributed by atoms with Gasteiger partial charge in [0, 0.05) is 19.1 Å². The van der Waals surface area contributed by atoms with Gasteiger partial charge in [0.25, 0.3) is 0 Å². The van der Waals surface area contributed by atoms with Crippen molar-refractivity contribution >= 4 is 11.8 Å². The molecule has 120 valence electrons. The zero-order chi connectivity index (χ0) is 15.2. The minimum absolute atomic E-state index is 0.0544. The van der Waals surface area contributed by atoms with Crippen LogP contribution < -0.4 is 5.32 Å². The summed E-state index contributed by atoms with van der Waals surface area (Å²) in [6, 6.07) is 0.399. The van der Waals surface area contributed by atoms with Crippen molar-refractivity contribution in [1.82, 2.24) is 15.1 Å². The van der Waals surface area contributed by atoms with Crippen molar-refractivity contribution < 1.29 is 14.7 Å². The zero-order valence-corrected chi connectivity index (χ0v) is 12.9. The summed E-state index contributed by atoms with van der Waals surface area (Å²) in [7, 11) is 1.67. The van der Waals surface area contributed by atoms with Gasteiger partial charge in [0.1, 0.15) is 0 Å². The van der Waals surface area contributed by atoms with E-state index in [1.807, 2.05) is 0 Å². The minimum Gasteiger partial charge on any atom is -0.395 e. The lowest BCUT2D eigenvalue weighted by Crippen LogP contribution is -2.47. The molecule has 2 aliphatic rings. The third-order valence-corrected chi connectivity index (χ3v) is 4.30. The van der Waals surface area contributed by atoms with Crippen molar-refractivity contribution in [3.63, 3.8) is 0 Å². The van der Waals surface area contributed by atoms with Crippen LogP contribution in [0, 0.1) is 0 Å². The fraction of sp³-hybridized carbons (Fsp3) is 0.867. The second kappa shape index (κ2) is 7.75. The van der Waals surface area contributed by atoms with Gasteiger partial charge in [0.15, 0.2) is 0 Å². The summed E-state index contributed by atoms with van der Waals surface area (Å²) in [5, 5.41) is 12.3. The molecule has 0 spiro atoms. The predicted molar refractivity (Wildman–Crippen MR) is 79.7 cm³/mol. The van der Waals surface area contributed by atoms with Crippen LogP contribution in [0.4, 0.5) is 0 Å². The van der Waals surface area contributed by atoms with Crippen LogP contribution in [0.3, 0.4) is 0 Å². The van der Waals surface area contributed by atoms with Gasteiger partial charge in [0.05, 0.1) is 19.7 Å². The number of aliphatic hydroxyl groups excluding tert-OH is 1. The Balaban J connectivity index is 1.78. The van der Waals surface area contributed by atoms with Gasteiger partial charge in [0.2, 0.25) is 11.8 Å². The molecule has 1 saturated carbocycles. The molecule has 2 N–H and O–H groups in total. The molecular formula is C15H27N3O3. The van der Waals surface area contributed by atoms with Gasteiger partial charge in [-0.2, -0.15) is 0 Å². The maximum absolute atomic E-state index is 12.2. The third kappa shape index (κ3) is 5.28. The first kappa shape index (κ1) is 16.2. The van der Waals surface area contributed by atoms with Gasteiger partial charge in [-0.05, 0) is 32.2 Å². The normalized spacial score (nSPS) is 23.4. The fourth-order valence-electron chi connectivity index (χ4n) is 2.75. The van der Waals surface area contributed by atoms with Gasteiger partial charge in [-0.3, -0.25) is 14.5 Å². The molecule has 1 unspecified atom stereocenters. The first-order chi connectivity index (χ1) is 10.1. The summed E-state index contributed by atoms with van der Waals surface area (Å²) in [6.45, 7) is 1.35. The van der Waals surface area contributed by atoms with E-state index in [-0.39, 0.29) is 31.0 Å². The van der Waals surface area contributed by atoms with Crippen LogP contribution >= 0.6 is 0 Å². The number of rotatable bonds is 6. The van der Waals surface area contributed by atoms with Crippen LogP contribution in [0.1, 0.15) is 38.5 Å². The fourth-order valence-corrected chi connectivity index (χ4v) is 2.75. The molecule has 0 aromatic rings. The standard InChI is InChI=1S/C15H27N3O3/c1-17(9-14(20)16-12-6-7-12)15(21)10-18-8-4-2-3-5-13(18)11-19/h12-13,19H,2-11H2,1H3,(H,16,20). The summed E-state index contributed by atoms with van der Waals surface area (Å²) >= 11 is 0. The van der Waals surface area contributed by atoms with Crippen molar-refractivity contribution in [2.45, 2.75) is 50.6 Å². The third-order valence-electron chi connectivity index (χ3n) is 4.30. The Morgan fingerprint density at radius 3 is 2.67 bits per heavy atom. The molecule has 0 aromatic heterocycles. The number of hydrogen-bond donors (Lipinski definition) is 2. The number of amides is 2. The molecular weight excluding hydrogens is 270 g/mol. The average Bonchev–Trinajstić information content (AvgIpc) is 3.26. The van der Waals surface area contributed by atoms with Crippen molar-refractivity contribution in [3.05, 3.63) is 0 Å². The van der Waals surface area contributed by atoms with Gasteiger partial charge < -0.3 is 15.3 Å². The Hall–Kier alpha value is -1.14. The van der Waals surface area contributed by atoms with Crippen molar-refractivity contribution in [3.8, 4) is 0 Å². The molecule has 6 nitrogen and oxygen atoms in total. The van der Waals surface area contributed by atoms with Gasteiger partial charge in [-0.15, -0.1) is 0 Å². The lowest BCUT2D eigenvalue weighted by molar-refractivity contribution is -0.136. The quantitative estimate of drug-likeness (QED) is 0.721. The van der Waals surface area contributed by atoms with Crippen molar-refractivity contribution in [1.29, 1.82) is 0 Å². The highest BCUT2D eigenvalue weighted by Gasteiger charge is 2.26. The largest absolute Gasteiger partial charge is 0.395 e. The molecule has 2 fully saturated rings. The summed E-state index contributed by atoms with van der Waals surface area (Å²) in [6.07, 6.45) is 6.37. The Labute approximate surface area is 126 Å². The maximum atomic E-state index is 12.2. The van der Waals surface area contributed by atoms with E-state index >= 15 is 0 Å². The Morgan fingerprint density at radius 1 is 1.24 bits per heavy atom. The highest BCUT2D eigenvalue weighted by Crippen LogP contribution is 2.18. The van der Waals surface area contributed by atoms with Crippen LogP contribution in [0.5, 0.6) is 0 Å². The van der Waals surface area contributed by atoms with E-state index in [0.717, 1.165) is 45.1 Å². The lowest BCUT2D eigenvalue weighted by Gasteiger charge is -2.29. The van der Waals surface area contributed by atoms with Crippen LogP contribution in [0.25, 0.3) is 0 Å². The predicted octanol–water partition coefficient (Wildman–Crippen LogP) is -0.0397. The molecule has 1 atom stereocenters. The number of carbonyl (C=O) groups is 2. The number of aliphatic hydroxyl groups is 1. The molecule has 1 heterocycles. The topological polar surface area (TPSA) is 72.9 Å². The number of nitrogens with one attached hydrogen (secondary N) is 1. The molecule has 0 bridgehead atoms. The van der Waals surface area contributed by atoms with Crippen LogP contribution in [0.15, 0.2) is 0 Å². The molecule has 21 heavy (non-hydrogen) atoms. The van der Waals surface area contributed by atoms with Gasteiger partial charge >= 0.3 is 0 Å². The van der Waals surface area contributed by atoms with Crippen molar-refractivity contribution in [2.75, 3.05) is 33.3 Å². The molecule has 1 saturated heterocycles. The number of hydrogen-bond acceptors (Lipinski definition) is 4. The van der Waals surface area contributed by atoms with E-state index in [9.17, 15) is 14.7 Å².